The molecular formula is C12H19NO4. The molecule has 0 radical (unpaired) electrons. The van der Waals surface area contributed by atoms with Gasteiger partial charge in [0.1, 0.15) is 6.04 Å². The summed E-state index contributed by atoms with van der Waals surface area (Å²) < 4.78 is 5.60. The van der Waals surface area contributed by atoms with Crippen LogP contribution in [0, 0.1) is 11.8 Å². The summed E-state index contributed by atoms with van der Waals surface area (Å²) in [5.41, 5.74) is 0. The van der Waals surface area contributed by atoms with Gasteiger partial charge in [-0.15, -0.1) is 0 Å². The summed E-state index contributed by atoms with van der Waals surface area (Å²) in [5.74, 6) is -1.42. The number of amides is 1. The minimum absolute atomic E-state index is 0.00149. The highest BCUT2D eigenvalue weighted by Crippen LogP contribution is 2.38. The van der Waals surface area contributed by atoms with Gasteiger partial charge in [-0.25, -0.2) is 4.79 Å². The molecule has 0 aliphatic carbocycles. The third-order valence-electron chi connectivity index (χ3n) is 3.67. The lowest BCUT2D eigenvalue weighted by molar-refractivity contribution is -0.144. The number of fused-ring (bicyclic) bond motifs is 2. The SMILES string of the molecule is CC(C)C(NC(=O)C1CC2CCC1O2)C(=O)O. The molecule has 5 heteroatoms. The van der Waals surface area contributed by atoms with Gasteiger partial charge in [-0.2, -0.15) is 0 Å². The van der Waals surface area contributed by atoms with E-state index in [-0.39, 0.29) is 30.0 Å². The first-order chi connectivity index (χ1) is 7.99. The Labute approximate surface area is 101 Å². The van der Waals surface area contributed by atoms with Crippen LogP contribution in [0.1, 0.15) is 33.1 Å². The number of rotatable bonds is 4. The Morgan fingerprint density at radius 1 is 1.35 bits per heavy atom. The molecule has 2 rings (SSSR count). The summed E-state index contributed by atoms with van der Waals surface area (Å²) >= 11 is 0. The number of nitrogens with one attached hydrogen (secondary N) is 1. The lowest BCUT2D eigenvalue weighted by atomic mass is 9.88. The largest absolute Gasteiger partial charge is 0.480 e. The van der Waals surface area contributed by atoms with Crippen molar-refractivity contribution in [3.63, 3.8) is 0 Å². The third kappa shape index (κ3) is 2.44. The highest BCUT2D eigenvalue weighted by atomic mass is 16.5. The van der Waals surface area contributed by atoms with Gasteiger partial charge in [0.15, 0.2) is 0 Å². The minimum atomic E-state index is -0.975. The van der Waals surface area contributed by atoms with Crippen molar-refractivity contribution >= 4 is 11.9 Å². The topological polar surface area (TPSA) is 75.6 Å². The summed E-state index contributed by atoms with van der Waals surface area (Å²) in [7, 11) is 0. The van der Waals surface area contributed by atoms with E-state index >= 15 is 0 Å². The predicted molar refractivity (Wildman–Crippen MR) is 60.4 cm³/mol. The Bertz CT molecular complexity index is 328. The van der Waals surface area contributed by atoms with Crippen LogP contribution in [-0.4, -0.2) is 35.2 Å². The van der Waals surface area contributed by atoms with Crippen molar-refractivity contribution in [1.82, 2.24) is 5.32 Å². The fraction of sp³-hybridized carbons (Fsp3) is 0.833. The molecule has 2 N–H and O–H groups in total. The minimum Gasteiger partial charge on any atom is -0.480 e. The Morgan fingerprint density at radius 3 is 2.47 bits per heavy atom. The van der Waals surface area contributed by atoms with Crippen LogP contribution in [0.4, 0.5) is 0 Å². The van der Waals surface area contributed by atoms with Gasteiger partial charge in [-0.3, -0.25) is 4.79 Å². The molecule has 2 saturated heterocycles. The van der Waals surface area contributed by atoms with E-state index in [1.165, 1.54) is 0 Å². The molecule has 0 aromatic carbocycles. The van der Waals surface area contributed by atoms with Crippen molar-refractivity contribution in [2.75, 3.05) is 0 Å². The standard InChI is InChI=1S/C12H19NO4/c1-6(2)10(12(15)16)13-11(14)8-5-7-3-4-9(8)17-7/h6-10H,3-5H2,1-2H3,(H,13,14)(H,15,16). The maximum absolute atomic E-state index is 12.0. The molecule has 2 fully saturated rings. The van der Waals surface area contributed by atoms with E-state index in [0.29, 0.717) is 0 Å². The lowest BCUT2D eigenvalue weighted by Crippen LogP contribution is -2.48. The van der Waals surface area contributed by atoms with Crippen molar-refractivity contribution < 1.29 is 19.4 Å². The van der Waals surface area contributed by atoms with E-state index in [4.69, 9.17) is 9.84 Å². The molecule has 1 amide bonds. The molecule has 17 heavy (non-hydrogen) atoms. The Hall–Kier alpha value is -1.10. The summed E-state index contributed by atoms with van der Waals surface area (Å²) in [5, 5.41) is 11.6. The van der Waals surface area contributed by atoms with Crippen LogP contribution in [0.2, 0.25) is 0 Å². The maximum Gasteiger partial charge on any atom is 0.326 e. The van der Waals surface area contributed by atoms with Crippen molar-refractivity contribution in [3.8, 4) is 0 Å². The second-order valence-electron chi connectivity index (χ2n) is 5.28. The second kappa shape index (κ2) is 4.64. The average molecular weight is 241 g/mol. The zero-order valence-corrected chi connectivity index (χ0v) is 10.2. The number of carbonyl (C=O) groups is 2. The zero-order valence-electron chi connectivity index (χ0n) is 10.2. The molecule has 4 unspecified atom stereocenters. The first kappa shape index (κ1) is 12.4. The van der Waals surface area contributed by atoms with E-state index in [1.54, 1.807) is 13.8 Å². The van der Waals surface area contributed by atoms with Gasteiger partial charge in [0.05, 0.1) is 18.1 Å². The molecule has 4 atom stereocenters. The molecular weight excluding hydrogens is 222 g/mol. The number of carboxylic acid groups (broad SMARTS) is 1. The van der Waals surface area contributed by atoms with Gasteiger partial charge >= 0.3 is 5.97 Å². The zero-order chi connectivity index (χ0) is 12.6. The summed E-state index contributed by atoms with van der Waals surface area (Å²) in [6, 6.07) is -0.804. The molecule has 2 heterocycles. The van der Waals surface area contributed by atoms with Crippen LogP contribution in [0.3, 0.4) is 0 Å². The second-order valence-corrected chi connectivity index (χ2v) is 5.28. The van der Waals surface area contributed by atoms with Crippen molar-refractivity contribution in [2.24, 2.45) is 11.8 Å². The van der Waals surface area contributed by atoms with Gasteiger partial charge in [0.25, 0.3) is 0 Å². The molecule has 0 saturated carbocycles. The quantitative estimate of drug-likeness (QED) is 0.762. The Balaban J connectivity index is 1.94. The Morgan fingerprint density at radius 2 is 2.06 bits per heavy atom. The van der Waals surface area contributed by atoms with Crippen LogP contribution in [0.25, 0.3) is 0 Å². The smallest absolute Gasteiger partial charge is 0.326 e. The lowest BCUT2D eigenvalue weighted by Gasteiger charge is -2.23. The number of ether oxygens (including phenoxy) is 1. The van der Waals surface area contributed by atoms with Gasteiger partial charge in [0, 0.05) is 0 Å². The maximum atomic E-state index is 12.0. The van der Waals surface area contributed by atoms with Crippen molar-refractivity contribution in [2.45, 2.75) is 51.4 Å². The van der Waals surface area contributed by atoms with E-state index in [2.05, 4.69) is 5.32 Å². The van der Waals surface area contributed by atoms with Crippen LogP contribution < -0.4 is 5.32 Å². The molecule has 2 aliphatic rings. The summed E-state index contributed by atoms with van der Waals surface area (Å²) in [6.45, 7) is 3.58. The monoisotopic (exact) mass is 241 g/mol. The number of hydrogen-bond acceptors (Lipinski definition) is 3. The normalized spacial score (nSPS) is 32.8. The number of carbonyl (C=O) groups excluding carboxylic acids is 1. The van der Waals surface area contributed by atoms with E-state index < -0.39 is 12.0 Å². The highest BCUT2D eigenvalue weighted by Gasteiger charge is 2.45. The number of aliphatic carboxylic acids is 1. The number of hydrogen-bond donors (Lipinski definition) is 2. The molecule has 2 bridgehead atoms. The first-order valence-electron chi connectivity index (χ1n) is 6.17. The van der Waals surface area contributed by atoms with Gasteiger partial charge < -0.3 is 15.2 Å². The van der Waals surface area contributed by atoms with E-state index in [9.17, 15) is 9.59 Å². The Kier molecular flexibility index (Phi) is 3.38. The summed E-state index contributed by atoms with van der Waals surface area (Å²) in [6.07, 6.45) is 2.89. The van der Waals surface area contributed by atoms with Crippen LogP contribution >= 0.6 is 0 Å². The molecule has 96 valence electrons. The fourth-order valence-corrected chi connectivity index (χ4v) is 2.69. The molecule has 2 aliphatic heterocycles. The fourth-order valence-electron chi connectivity index (χ4n) is 2.69. The van der Waals surface area contributed by atoms with E-state index in [1.807, 2.05) is 0 Å². The number of carboxylic acids is 1. The van der Waals surface area contributed by atoms with Gasteiger partial charge in [-0.1, -0.05) is 13.8 Å². The predicted octanol–water partition coefficient (Wildman–Crippen LogP) is 0.779. The molecule has 0 spiro atoms. The summed E-state index contributed by atoms with van der Waals surface area (Å²) in [4.78, 5) is 23.0. The van der Waals surface area contributed by atoms with Gasteiger partial charge in [0.2, 0.25) is 5.91 Å². The third-order valence-corrected chi connectivity index (χ3v) is 3.67. The molecule has 5 nitrogen and oxygen atoms in total. The average Bonchev–Trinajstić information content (AvgIpc) is 2.85. The van der Waals surface area contributed by atoms with Crippen LogP contribution in [-0.2, 0) is 14.3 Å². The highest BCUT2D eigenvalue weighted by molar-refractivity contribution is 5.85. The first-order valence-corrected chi connectivity index (χ1v) is 6.17. The molecule has 0 aromatic rings. The van der Waals surface area contributed by atoms with Gasteiger partial charge in [-0.05, 0) is 25.2 Å². The van der Waals surface area contributed by atoms with Crippen LogP contribution in [0.5, 0.6) is 0 Å². The van der Waals surface area contributed by atoms with Crippen LogP contribution in [0.15, 0.2) is 0 Å². The van der Waals surface area contributed by atoms with Crippen molar-refractivity contribution in [1.29, 1.82) is 0 Å². The van der Waals surface area contributed by atoms with E-state index in [0.717, 1.165) is 19.3 Å². The molecule has 0 aromatic heterocycles. The van der Waals surface area contributed by atoms with Crippen molar-refractivity contribution in [3.05, 3.63) is 0 Å².